The zero-order valence-corrected chi connectivity index (χ0v) is 12.6. The lowest BCUT2D eigenvalue weighted by molar-refractivity contribution is -0.142. The number of thiophene rings is 1. The highest BCUT2D eigenvalue weighted by molar-refractivity contribution is 7.14. The molecule has 2 rings (SSSR count). The summed E-state index contributed by atoms with van der Waals surface area (Å²) in [4.78, 5) is 27.1. The Hall–Kier alpha value is -1.77. The molecule has 0 aliphatic carbocycles. The summed E-state index contributed by atoms with van der Waals surface area (Å²) in [6, 6.07) is 0.882. The fourth-order valence-electron chi connectivity index (χ4n) is 1.70. The Labute approximate surface area is 129 Å². The normalized spacial score (nSPS) is 12.0. The van der Waals surface area contributed by atoms with Crippen molar-refractivity contribution < 1.29 is 19.8 Å². The number of nitrogens with zero attached hydrogens (tertiary/aromatic N) is 1. The first-order valence-corrected chi connectivity index (χ1v) is 8.02. The minimum atomic E-state index is -1.16. The van der Waals surface area contributed by atoms with Crippen molar-refractivity contribution in [2.45, 2.75) is 18.9 Å². The summed E-state index contributed by atoms with van der Waals surface area (Å²) in [5.74, 6) is -1.58. The minimum absolute atomic E-state index is 0.0156. The van der Waals surface area contributed by atoms with E-state index in [2.05, 4.69) is 10.3 Å². The summed E-state index contributed by atoms with van der Waals surface area (Å²) in [6.07, 6.45) is 0.00807. The lowest BCUT2D eigenvalue weighted by Gasteiger charge is -2.12. The van der Waals surface area contributed by atoms with Gasteiger partial charge in [-0.3, -0.25) is 4.79 Å². The second-order valence-corrected chi connectivity index (χ2v) is 5.94. The molecule has 8 heteroatoms. The van der Waals surface area contributed by atoms with Gasteiger partial charge in [0.15, 0.2) is 0 Å². The van der Waals surface area contributed by atoms with Crippen molar-refractivity contribution in [3.63, 3.8) is 0 Å². The minimum Gasteiger partial charge on any atom is -0.480 e. The van der Waals surface area contributed by atoms with E-state index in [-0.39, 0.29) is 19.4 Å². The van der Waals surface area contributed by atoms with Gasteiger partial charge in [-0.15, -0.1) is 11.3 Å². The fraction of sp³-hybridized carbons (Fsp3) is 0.308. The van der Waals surface area contributed by atoms with Crippen LogP contribution in [0.15, 0.2) is 22.2 Å². The molecule has 0 saturated carbocycles. The molecular weight excluding hydrogens is 312 g/mol. The highest BCUT2D eigenvalue weighted by atomic mass is 32.1. The van der Waals surface area contributed by atoms with Crippen LogP contribution < -0.4 is 5.32 Å². The van der Waals surface area contributed by atoms with Gasteiger partial charge in [0.25, 0.3) is 0 Å². The molecule has 0 aliphatic rings. The van der Waals surface area contributed by atoms with Crippen molar-refractivity contribution in [3.8, 4) is 10.6 Å². The smallest absolute Gasteiger partial charge is 0.326 e. The second-order valence-electron chi connectivity index (χ2n) is 4.30. The van der Waals surface area contributed by atoms with E-state index in [0.29, 0.717) is 5.69 Å². The van der Waals surface area contributed by atoms with Crippen LogP contribution in [0.5, 0.6) is 0 Å². The van der Waals surface area contributed by atoms with Crippen LogP contribution in [0.2, 0.25) is 0 Å². The number of aliphatic hydroxyl groups excluding tert-OH is 1. The second kappa shape index (κ2) is 7.30. The monoisotopic (exact) mass is 326 g/mol. The van der Waals surface area contributed by atoms with Gasteiger partial charge in [0.2, 0.25) is 5.91 Å². The Morgan fingerprint density at radius 2 is 2.19 bits per heavy atom. The molecule has 2 aromatic rings. The number of carbonyl (C=O) groups is 2. The number of amides is 1. The first kappa shape index (κ1) is 15.6. The Morgan fingerprint density at radius 1 is 1.38 bits per heavy atom. The van der Waals surface area contributed by atoms with Gasteiger partial charge in [-0.2, -0.15) is 11.3 Å². The number of aliphatic hydroxyl groups is 1. The summed E-state index contributed by atoms with van der Waals surface area (Å²) in [5, 5.41) is 26.6. The predicted octanol–water partition coefficient (Wildman–Crippen LogP) is 1.37. The Bertz CT molecular complexity index is 609. The molecule has 0 fully saturated rings. The van der Waals surface area contributed by atoms with Crippen molar-refractivity contribution in [3.05, 3.63) is 27.9 Å². The van der Waals surface area contributed by atoms with Gasteiger partial charge >= 0.3 is 5.97 Å². The number of rotatable bonds is 7. The number of nitrogens with one attached hydrogen (secondary N) is 1. The summed E-state index contributed by atoms with van der Waals surface area (Å²) in [6.45, 7) is -0.295. The van der Waals surface area contributed by atoms with Crippen molar-refractivity contribution in [2.75, 3.05) is 6.61 Å². The molecule has 0 saturated heterocycles. The van der Waals surface area contributed by atoms with Crippen LogP contribution in [0.1, 0.15) is 12.1 Å². The maximum absolute atomic E-state index is 11.8. The summed E-state index contributed by atoms with van der Waals surface area (Å²) in [7, 11) is 0. The zero-order valence-electron chi connectivity index (χ0n) is 11.0. The first-order valence-electron chi connectivity index (χ1n) is 6.20. The molecule has 1 atom stereocenters. The van der Waals surface area contributed by atoms with E-state index in [0.717, 1.165) is 10.6 Å². The SMILES string of the molecule is O=C(Cc1csc(-c2ccsc2)n1)N[C@@H](CCO)C(=O)O. The third kappa shape index (κ3) is 4.35. The van der Waals surface area contributed by atoms with Crippen LogP contribution in [0.25, 0.3) is 10.6 Å². The molecule has 0 aliphatic heterocycles. The topological polar surface area (TPSA) is 99.5 Å². The molecule has 0 unspecified atom stereocenters. The van der Waals surface area contributed by atoms with Crippen LogP contribution in [0.4, 0.5) is 0 Å². The summed E-state index contributed by atoms with van der Waals surface area (Å²) >= 11 is 3.02. The van der Waals surface area contributed by atoms with Crippen molar-refractivity contribution >= 4 is 34.6 Å². The molecule has 2 aromatic heterocycles. The molecule has 0 spiro atoms. The first-order chi connectivity index (χ1) is 10.1. The van der Waals surface area contributed by atoms with E-state index in [9.17, 15) is 9.59 Å². The van der Waals surface area contributed by atoms with Gasteiger partial charge in [0, 0.05) is 29.4 Å². The number of hydrogen-bond acceptors (Lipinski definition) is 6. The maximum atomic E-state index is 11.8. The van der Waals surface area contributed by atoms with E-state index in [1.165, 1.54) is 11.3 Å². The number of carbonyl (C=O) groups excluding carboxylic acids is 1. The van der Waals surface area contributed by atoms with E-state index in [4.69, 9.17) is 10.2 Å². The molecule has 1 amide bonds. The van der Waals surface area contributed by atoms with E-state index >= 15 is 0 Å². The van der Waals surface area contributed by atoms with Gasteiger partial charge < -0.3 is 15.5 Å². The average molecular weight is 326 g/mol. The number of aliphatic carboxylic acids is 1. The number of hydrogen-bond donors (Lipinski definition) is 3. The quantitative estimate of drug-likeness (QED) is 0.713. The van der Waals surface area contributed by atoms with Crippen molar-refractivity contribution in [2.24, 2.45) is 0 Å². The predicted molar refractivity (Wildman–Crippen MR) is 80.4 cm³/mol. The molecule has 0 aromatic carbocycles. The van der Waals surface area contributed by atoms with Gasteiger partial charge in [-0.05, 0) is 11.4 Å². The third-order valence-electron chi connectivity index (χ3n) is 2.71. The maximum Gasteiger partial charge on any atom is 0.326 e. The number of carboxylic acids is 1. The van der Waals surface area contributed by atoms with Crippen LogP contribution in [0.3, 0.4) is 0 Å². The van der Waals surface area contributed by atoms with Crippen LogP contribution in [0, 0.1) is 0 Å². The average Bonchev–Trinajstić information content (AvgIpc) is 3.08. The lowest BCUT2D eigenvalue weighted by atomic mass is 10.2. The van der Waals surface area contributed by atoms with Crippen molar-refractivity contribution in [1.82, 2.24) is 10.3 Å². The van der Waals surface area contributed by atoms with Crippen LogP contribution >= 0.6 is 22.7 Å². The Kier molecular flexibility index (Phi) is 5.43. The molecule has 3 N–H and O–H groups in total. The van der Waals surface area contributed by atoms with Gasteiger partial charge in [0.1, 0.15) is 11.0 Å². The van der Waals surface area contributed by atoms with Gasteiger partial charge in [0.05, 0.1) is 12.1 Å². The van der Waals surface area contributed by atoms with Gasteiger partial charge in [-0.25, -0.2) is 9.78 Å². The van der Waals surface area contributed by atoms with E-state index in [1.54, 1.807) is 16.7 Å². The molecule has 112 valence electrons. The number of thiazole rings is 1. The molecule has 6 nitrogen and oxygen atoms in total. The zero-order chi connectivity index (χ0) is 15.2. The largest absolute Gasteiger partial charge is 0.480 e. The van der Waals surface area contributed by atoms with Crippen molar-refractivity contribution in [1.29, 1.82) is 0 Å². The molecule has 2 heterocycles. The van der Waals surface area contributed by atoms with E-state index < -0.39 is 17.9 Å². The highest BCUT2D eigenvalue weighted by Crippen LogP contribution is 2.25. The highest BCUT2D eigenvalue weighted by Gasteiger charge is 2.19. The molecule has 0 radical (unpaired) electrons. The molecule has 0 bridgehead atoms. The van der Waals surface area contributed by atoms with Crippen LogP contribution in [-0.2, 0) is 16.0 Å². The molecule has 21 heavy (non-hydrogen) atoms. The number of carboxylic acid groups (broad SMARTS) is 1. The van der Waals surface area contributed by atoms with Gasteiger partial charge in [-0.1, -0.05) is 0 Å². The van der Waals surface area contributed by atoms with Crippen LogP contribution in [-0.4, -0.2) is 39.7 Å². The fourth-order valence-corrected chi connectivity index (χ4v) is 3.24. The summed E-state index contributed by atoms with van der Waals surface area (Å²) in [5.41, 5.74) is 1.62. The Morgan fingerprint density at radius 3 is 2.81 bits per heavy atom. The summed E-state index contributed by atoms with van der Waals surface area (Å²) < 4.78 is 0. The Balaban J connectivity index is 1.95. The standard InChI is InChI=1S/C13H14N2O4S2/c16-3-1-10(13(18)19)15-11(17)5-9-7-21-12(14-9)8-2-4-20-6-8/h2,4,6-7,10,16H,1,3,5H2,(H,15,17)(H,18,19)/t10-/m0/s1. The third-order valence-corrected chi connectivity index (χ3v) is 4.34. The van der Waals surface area contributed by atoms with E-state index in [1.807, 2.05) is 16.8 Å². The number of aromatic nitrogens is 1. The lowest BCUT2D eigenvalue weighted by Crippen LogP contribution is -2.42. The molecular formula is C13H14N2O4S2.